The number of nitrogens with zero attached hydrogens (tertiary/aromatic N) is 4. The fourth-order valence-corrected chi connectivity index (χ4v) is 10.7. The van der Waals surface area contributed by atoms with Crippen LogP contribution in [0.2, 0.25) is 0 Å². The number of aliphatic hydroxyl groups is 2. The van der Waals surface area contributed by atoms with E-state index >= 15 is 0 Å². The third-order valence-corrected chi connectivity index (χ3v) is 13.9. The molecular formula is C59H81N7O9. The van der Waals surface area contributed by atoms with E-state index in [2.05, 4.69) is 109 Å². The van der Waals surface area contributed by atoms with Crippen LogP contribution in [0.3, 0.4) is 0 Å². The second-order valence-corrected chi connectivity index (χ2v) is 21.3. The smallest absolute Gasteiger partial charge is 0.251 e. The molecule has 0 aliphatic carbocycles. The lowest BCUT2D eigenvalue weighted by Crippen LogP contribution is -2.54. The lowest BCUT2D eigenvalue weighted by Gasteiger charge is -2.50. The van der Waals surface area contributed by atoms with E-state index in [4.69, 9.17) is 29.4 Å². The summed E-state index contributed by atoms with van der Waals surface area (Å²) in [4.78, 5) is 28.4. The molecule has 6 atom stereocenters. The summed E-state index contributed by atoms with van der Waals surface area (Å²) in [6.07, 6.45) is 3.62. The number of carbonyl (C=O) groups is 2. The largest absolute Gasteiger partial charge is 0.485 e. The van der Waals surface area contributed by atoms with Crippen LogP contribution >= 0.6 is 0 Å². The minimum absolute atomic E-state index is 0.00193. The first kappa shape index (κ1) is 57.0. The zero-order chi connectivity index (χ0) is 53.5. The van der Waals surface area contributed by atoms with E-state index in [0.29, 0.717) is 90.6 Å². The molecule has 406 valence electrons. The van der Waals surface area contributed by atoms with Crippen molar-refractivity contribution in [1.82, 2.24) is 30.5 Å². The number of aryl methyl sites for hydroxylation is 4. The Morgan fingerprint density at radius 2 is 1.39 bits per heavy atom. The molecule has 0 spiro atoms. The first-order chi connectivity index (χ1) is 36.0. The standard InChI is InChI=1S/C59H81N7O9/c1-39(2)23-52(62-58(69)56(67)51(60)30-45-11-9-8-10-12-45)57(68)61-14-17-71-19-21-73-22-20-72-18-16-65-36-49(63-64-65)34-59(70)33-44(7)66-15-13-48-31-54(74-37-46-26-40(3)24-41(4)27-46)55(32-50(48)53(66)35-59)75-38-47-28-42(5)25-43(6)29-47/h8-12,24-29,31-32,36,39,44,51-53,56,67,70H,13-23,30,33-35,37-38,60H2,1-7H3,(H,61,68)(H,62,69)/t44-,51+,52+,53+,56-,59+/m0/s1. The van der Waals surface area contributed by atoms with Gasteiger partial charge in [0.1, 0.15) is 25.4 Å². The van der Waals surface area contributed by atoms with E-state index in [1.165, 1.54) is 33.4 Å². The van der Waals surface area contributed by atoms with Crippen molar-refractivity contribution in [3.05, 3.63) is 141 Å². The number of ether oxygens (including phenoxy) is 5. The van der Waals surface area contributed by atoms with Crippen LogP contribution in [0.1, 0.15) is 102 Å². The molecular weight excluding hydrogens is 951 g/mol. The molecule has 5 aromatic rings. The molecule has 2 aliphatic heterocycles. The Morgan fingerprint density at radius 1 is 0.787 bits per heavy atom. The summed E-state index contributed by atoms with van der Waals surface area (Å²) < 4.78 is 32.1. The van der Waals surface area contributed by atoms with E-state index in [0.717, 1.165) is 41.1 Å². The number of hydrogen-bond donors (Lipinski definition) is 5. The molecule has 1 saturated heterocycles. The Hall–Kier alpha value is -5.72. The molecule has 16 nitrogen and oxygen atoms in total. The van der Waals surface area contributed by atoms with Gasteiger partial charge in [0, 0.05) is 43.8 Å². The molecule has 1 aromatic heterocycles. The number of piperidine rings is 1. The maximum atomic E-state index is 13.0. The van der Waals surface area contributed by atoms with Crippen LogP contribution in [0.4, 0.5) is 0 Å². The average molecular weight is 1030 g/mol. The van der Waals surface area contributed by atoms with Crippen molar-refractivity contribution < 1.29 is 43.5 Å². The third kappa shape index (κ3) is 17.1. The first-order valence-corrected chi connectivity index (χ1v) is 26.7. The summed E-state index contributed by atoms with van der Waals surface area (Å²) in [5.74, 6) is 0.535. The van der Waals surface area contributed by atoms with Gasteiger partial charge in [-0.2, -0.15) is 0 Å². The highest BCUT2D eigenvalue weighted by Crippen LogP contribution is 2.47. The molecule has 1 fully saturated rings. The van der Waals surface area contributed by atoms with E-state index in [1.807, 2.05) is 50.4 Å². The van der Waals surface area contributed by atoms with E-state index in [9.17, 15) is 19.8 Å². The van der Waals surface area contributed by atoms with Crippen molar-refractivity contribution in [3.63, 3.8) is 0 Å². The molecule has 4 aromatic carbocycles. The molecule has 3 heterocycles. The number of nitrogens with two attached hydrogens (primary N) is 1. The molecule has 2 amide bonds. The maximum Gasteiger partial charge on any atom is 0.251 e. The molecule has 16 heteroatoms. The van der Waals surface area contributed by atoms with E-state index in [1.54, 1.807) is 4.68 Å². The number of nitrogens with one attached hydrogen (secondary N) is 2. The highest BCUT2D eigenvalue weighted by Gasteiger charge is 2.45. The first-order valence-electron chi connectivity index (χ1n) is 26.7. The van der Waals surface area contributed by atoms with Crippen LogP contribution in [0.25, 0.3) is 0 Å². The molecule has 0 radical (unpaired) electrons. The third-order valence-electron chi connectivity index (χ3n) is 13.9. The Labute approximate surface area is 443 Å². The van der Waals surface area contributed by atoms with Crippen molar-refractivity contribution in [3.8, 4) is 11.5 Å². The van der Waals surface area contributed by atoms with Crippen LogP contribution in [-0.2, 0) is 62.8 Å². The molecule has 0 unspecified atom stereocenters. The van der Waals surface area contributed by atoms with Gasteiger partial charge in [0.25, 0.3) is 5.91 Å². The van der Waals surface area contributed by atoms with Gasteiger partial charge in [0.15, 0.2) is 11.5 Å². The minimum atomic E-state index is -1.46. The molecule has 6 N–H and O–H groups in total. The normalized spacial score (nSPS) is 18.7. The van der Waals surface area contributed by atoms with Crippen molar-refractivity contribution >= 4 is 11.8 Å². The fourth-order valence-electron chi connectivity index (χ4n) is 10.7. The zero-order valence-electron chi connectivity index (χ0n) is 45.2. The van der Waals surface area contributed by atoms with Gasteiger partial charge < -0.3 is 50.3 Å². The molecule has 75 heavy (non-hydrogen) atoms. The second kappa shape index (κ2) is 27.4. The van der Waals surface area contributed by atoms with Gasteiger partial charge in [0.05, 0.1) is 57.5 Å². The minimum Gasteiger partial charge on any atom is -0.485 e. The zero-order valence-corrected chi connectivity index (χ0v) is 45.2. The van der Waals surface area contributed by atoms with Gasteiger partial charge in [-0.1, -0.05) is 108 Å². The highest BCUT2D eigenvalue weighted by molar-refractivity contribution is 5.89. The van der Waals surface area contributed by atoms with Crippen LogP contribution in [0.5, 0.6) is 11.5 Å². The Balaban J connectivity index is 0.821. The number of aliphatic hydroxyl groups excluding tert-OH is 1. The number of hydrogen-bond acceptors (Lipinski definition) is 13. The molecule has 7 rings (SSSR count). The van der Waals surface area contributed by atoms with E-state index < -0.39 is 29.7 Å². The number of fused-ring (bicyclic) bond motifs is 3. The van der Waals surface area contributed by atoms with Crippen LogP contribution in [0, 0.1) is 33.6 Å². The molecule has 0 bridgehead atoms. The number of amides is 2. The predicted octanol–water partition coefficient (Wildman–Crippen LogP) is 6.35. The summed E-state index contributed by atoms with van der Waals surface area (Å²) in [7, 11) is 0. The Bertz CT molecular complexity index is 2590. The van der Waals surface area contributed by atoms with E-state index in [-0.39, 0.29) is 37.1 Å². The number of benzene rings is 4. The van der Waals surface area contributed by atoms with Crippen LogP contribution < -0.4 is 25.8 Å². The average Bonchev–Trinajstić information content (AvgIpc) is 3.80. The van der Waals surface area contributed by atoms with Crippen molar-refractivity contribution in [2.45, 2.75) is 143 Å². The summed E-state index contributed by atoms with van der Waals surface area (Å²) in [5.41, 5.74) is 16.2. The fraction of sp³-hybridized carbons (Fsp3) is 0.525. The van der Waals surface area contributed by atoms with Crippen molar-refractivity contribution in [1.29, 1.82) is 0 Å². The van der Waals surface area contributed by atoms with Crippen molar-refractivity contribution in [2.24, 2.45) is 11.7 Å². The molecule has 2 aliphatic rings. The summed E-state index contributed by atoms with van der Waals surface area (Å²) >= 11 is 0. The highest BCUT2D eigenvalue weighted by atomic mass is 16.5. The summed E-state index contributed by atoms with van der Waals surface area (Å²) in [6, 6.07) is 25.3. The lowest BCUT2D eigenvalue weighted by atomic mass is 9.75. The van der Waals surface area contributed by atoms with Gasteiger partial charge in [-0.15, -0.1) is 5.10 Å². The SMILES string of the molecule is Cc1cc(C)cc(COc2cc3c(cc2OCc2cc(C)cc(C)c2)[C@H]2C[C@](O)(Cc4cn(CCOCCOCCOCCNC(=O)[C@@H](CC(C)C)NC(=O)[C@@H](O)[C@H](N)Cc5ccccc5)nn4)C[C@H](C)N2CC3)c1. The Morgan fingerprint density at radius 3 is 2.01 bits per heavy atom. The van der Waals surface area contributed by atoms with Crippen LogP contribution in [-0.4, -0.2) is 124 Å². The Kier molecular flexibility index (Phi) is 20.8. The van der Waals surface area contributed by atoms with Crippen molar-refractivity contribution in [2.75, 3.05) is 52.7 Å². The summed E-state index contributed by atoms with van der Waals surface area (Å²) in [6.45, 7) is 19.2. The quantitative estimate of drug-likeness (QED) is 0.0347. The molecule has 0 saturated carbocycles. The summed E-state index contributed by atoms with van der Waals surface area (Å²) in [5, 5.41) is 37.3. The number of rotatable bonds is 28. The maximum absolute atomic E-state index is 13.0. The monoisotopic (exact) mass is 1030 g/mol. The van der Waals surface area contributed by atoms with Gasteiger partial charge in [-0.25, -0.2) is 4.68 Å². The lowest BCUT2D eigenvalue weighted by molar-refractivity contribution is -0.135. The topological polar surface area (TPSA) is 205 Å². The van der Waals surface area contributed by atoms with Crippen LogP contribution in [0.15, 0.2) is 85.1 Å². The van der Waals surface area contributed by atoms with Gasteiger partial charge in [-0.3, -0.25) is 14.5 Å². The number of aromatic nitrogens is 3. The second-order valence-electron chi connectivity index (χ2n) is 21.3. The predicted molar refractivity (Wildman–Crippen MR) is 288 cm³/mol. The van der Waals surface area contributed by atoms with Gasteiger partial charge >= 0.3 is 0 Å². The van der Waals surface area contributed by atoms with Gasteiger partial charge in [-0.05, 0) is 113 Å². The number of carbonyl (C=O) groups excluding carboxylic acids is 2. The van der Waals surface area contributed by atoms with Gasteiger partial charge in [0.2, 0.25) is 5.91 Å².